The molecule has 0 heterocycles. The van der Waals surface area contributed by atoms with Crippen LogP contribution in [0.4, 0.5) is 0 Å². The van der Waals surface area contributed by atoms with Crippen molar-refractivity contribution in [3.63, 3.8) is 0 Å². The summed E-state index contributed by atoms with van der Waals surface area (Å²) < 4.78 is 0. The van der Waals surface area contributed by atoms with E-state index >= 15 is 0 Å². The Balaban J connectivity index is 1.60. The van der Waals surface area contributed by atoms with Crippen molar-refractivity contribution in [3.8, 4) is 6.07 Å². The molecule has 5 heteroatoms. The number of ketones is 2. The van der Waals surface area contributed by atoms with Crippen LogP contribution in [0.15, 0.2) is 11.6 Å². The fraction of sp³-hybridized carbons (Fsp3) is 0.824. The molecular weight excluding hydrogens is 484 g/mol. The Morgan fingerprint density at radius 2 is 1.69 bits per heavy atom. The molecule has 0 spiro atoms. The number of carbonyl (C=O) groups excluding carboxylic acids is 3. The molecule has 5 nitrogen and oxygen atoms in total. The van der Waals surface area contributed by atoms with E-state index in [4.69, 9.17) is 0 Å². The first kappa shape index (κ1) is 28.6. The number of hydrogen-bond donors (Lipinski definition) is 1. The molecule has 1 amide bonds. The van der Waals surface area contributed by atoms with Crippen LogP contribution in [0.25, 0.3) is 0 Å². The molecular formula is C34H50N2O3. The zero-order chi connectivity index (χ0) is 28.8. The molecule has 5 aliphatic carbocycles. The van der Waals surface area contributed by atoms with Crippen LogP contribution in [-0.2, 0) is 14.4 Å². The van der Waals surface area contributed by atoms with Crippen LogP contribution in [0, 0.1) is 73.9 Å². The predicted molar refractivity (Wildman–Crippen MR) is 152 cm³/mol. The Kier molecular flexibility index (Phi) is 6.61. The van der Waals surface area contributed by atoms with E-state index in [0.717, 1.165) is 38.5 Å². The average Bonchev–Trinajstić information content (AvgIpc) is 2.89. The molecule has 5 aliphatic rings. The molecule has 0 aromatic carbocycles. The number of fused-ring (bicyclic) bond motifs is 7. The van der Waals surface area contributed by atoms with Gasteiger partial charge in [0.05, 0.1) is 5.57 Å². The van der Waals surface area contributed by atoms with Crippen molar-refractivity contribution in [1.29, 1.82) is 5.26 Å². The number of rotatable bonds is 3. The van der Waals surface area contributed by atoms with E-state index in [0.29, 0.717) is 36.4 Å². The van der Waals surface area contributed by atoms with Crippen LogP contribution in [0.3, 0.4) is 0 Å². The fourth-order valence-corrected chi connectivity index (χ4v) is 11.6. The highest BCUT2D eigenvalue weighted by Gasteiger charge is 2.72. The Bertz CT molecular complexity index is 1160. The minimum Gasteiger partial charge on any atom is -0.359 e. The van der Waals surface area contributed by atoms with Gasteiger partial charge in [-0.15, -0.1) is 0 Å². The van der Waals surface area contributed by atoms with Crippen LogP contribution in [0.1, 0.15) is 106 Å². The fourth-order valence-electron chi connectivity index (χ4n) is 11.6. The van der Waals surface area contributed by atoms with E-state index < -0.39 is 5.41 Å². The van der Waals surface area contributed by atoms with E-state index in [9.17, 15) is 19.6 Å². The summed E-state index contributed by atoms with van der Waals surface area (Å²) in [5.41, 5.74) is -0.828. The number of hydrogen-bond acceptors (Lipinski definition) is 4. The van der Waals surface area contributed by atoms with Gasteiger partial charge in [0.1, 0.15) is 11.9 Å². The first-order valence-electron chi connectivity index (χ1n) is 15.5. The topological polar surface area (TPSA) is 87.0 Å². The zero-order valence-corrected chi connectivity index (χ0v) is 25.6. The van der Waals surface area contributed by atoms with Crippen molar-refractivity contribution in [1.82, 2.24) is 5.32 Å². The van der Waals surface area contributed by atoms with Crippen molar-refractivity contribution in [3.05, 3.63) is 11.6 Å². The summed E-state index contributed by atoms with van der Waals surface area (Å²) in [7, 11) is 1.72. The highest BCUT2D eigenvalue weighted by atomic mass is 16.1. The molecule has 5 rings (SSSR count). The van der Waals surface area contributed by atoms with E-state index in [2.05, 4.69) is 46.0 Å². The number of carbonyl (C=O) groups is 3. The third-order valence-electron chi connectivity index (χ3n) is 14.1. The van der Waals surface area contributed by atoms with Gasteiger partial charge < -0.3 is 5.32 Å². The highest BCUT2D eigenvalue weighted by Crippen LogP contribution is 2.76. The normalized spacial score (nSPS) is 48.4. The monoisotopic (exact) mass is 534 g/mol. The summed E-state index contributed by atoms with van der Waals surface area (Å²) in [6, 6.07) is 2.23. The summed E-state index contributed by atoms with van der Waals surface area (Å²) in [5.74, 6) is 2.04. The maximum Gasteiger partial charge on any atom is 0.219 e. The zero-order valence-electron chi connectivity index (χ0n) is 25.6. The summed E-state index contributed by atoms with van der Waals surface area (Å²) in [6.07, 6.45) is 10.3. The second kappa shape index (κ2) is 9.02. The van der Waals surface area contributed by atoms with Gasteiger partial charge in [0.15, 0.2) is 5.78 Å². The van der Waals surface area contributed by atoms with Crippen molar-refractivity contribution < 1.29 is 14.4 Å². The molecule has 0 radical (unpaired) electrons. The lowest BCUT2D eigenvalue weighted by molar-refractivity contribution is -0.227. The lowest BCUT2D eigenvalue weighted by Gasteiger charge is -2.72. The van der Waals surface area contributed by atoms with E-state index in [1.54, 1.807) is 7.05 Å². The summed E-state index contributed by atoms with van der Waals surface area (Å²) in [6.45, 7) is 15.9. The highest BCUT2D eigenvalue weighted by molar-refractivity contribution is 6.04. The quantitative estimate of drug-likeness (QED) is 0.438. The number of nitrogens with zero attached hydrogens (tertiary/aromatic N) is 1. The van der Waals surface area contributed by atoms with Crippen LogP contribution in [0.2, 0.25) is 0 Å². The third kappa shape index (κ3) is 3.64. The van der Waals surface area contributed by atoms with Gasteiger partial charge >= 0.3 is 0 Å². The van der Waals surface area contributed by atoms with Crippen molar-refractivity contribution in [2.75, 3.05) is 7.05 Å². The van der Waals surface area contributed by atoms with Crippen molar-refractivity contribution >= 4 is 17.5 Å². The Morgan fingerprint density at radius 3 is 2.33 bits per heavy atom. The first-order chi connectivity index (χ1) is 18.1. The Morgan fingerprint density at radius 1 is 1.00 bits per heavy atom. The van der Waals surface area contributed by atoms with Gasteiger partial charge in [0, 0.05) is 31.2 Å². The van der Waals surface area contributed by atoms with Gasteiger partial charge in [-0.05, 0) is 96.2 Å². The van der Waals surface area contributed by atoms with Crippen LogP contribution in [0.5, 0.6) is 0 Å². The second-order valence-electron chi connectivity index (χ2n) is 15.6. The number of Topliss-reactive ketones (excluding diaryl/α,β-unsaturated/α-hetero) is 2. The Hall–Kier alpha value is -1.96. The smallest absolute Gasteiger partial charge is 0.219 e. The molecule has 10 atom stereocenters. The molecule has 0 aliphatic heterocycles. The average molecular weight is 535 g/mol. The third-order valence-corrected chi connectivity index (χ3v) is 14.1. The van der Waals surface area contributed by atoms with Crippen LogP contribution < -0.4 is 5.32 Å². The van der Waals surface area contributed by atoms with Crippen LogP contribution >= 0.6 is 0 Å². The largest absolute Gasteiger partial charge is 0.359 e. The standard InChI is InChI=1S/C34H50N2O3/c1-20-9-13-34(14-11-26(38)36-8)16-15-33(7)28(27(34)21(20)2)23(37)17-25-31(5)18-22(19-35)29(39)30(3,4)24(31)10-12-32(25,33)6/h18,20-21,24-25,27-28H,9-17H2,1-8H3,(H,36,38)/t20-,21+,24+,25?,27+,28-,31+,32-,33-,34+/m1/s1. The van der Waals surface area contributed by atoms with Gasteiger partial charge in [-0.3, -0.25) is 14.4 Å². The van der Waals surface area contributed by atoms with E-state index in [1.807, 2.05) is 19.9 Å². The van der Waals surface area contributed by atoms with Gasteiger partial charge in [-0.1, -0.05) is 54.5 Å². The number of allylic oxidation sites excluding steroid dienone is 2. The lowest BCUT2D eigenvalue weighted by atomic mass is 9.31. The number of nitrogens with one attached hydrogen (secondary N) is 1. The molecule has 0 aromatic rings. The molecule has 0 bridgehead atoms. The number of nitriles is 1. The summed E-state index contributed by atoms with van der Waals surface area (Å²) in [4.78, 5) is 40.3. The van der Waals surface area contributed by atoms with Crippen LogP contribution in [-0.4, -0.2) is 24.5 Å². The van der Waals surface area contributed by atoms with Crippen molar-refractivity contribution in [2.45, 2.75) is 106 Å². The molecule has 39 heavy (non-hydrogen) atoms. The van der Waals surface area contributed by atoms with E-state index in [1.165, 1.54) is 6.42 Å². The molecule has 214 valence electrons. The van der Waals surface area contributed by atoms with Gasteiger partial charge in [-0.25, -0.2) is 0 Å². The maximum absolute atomic E-state index is 14.6. The first-order valence-corrected chi connectivity index (χ1v) is 15.5. The van der Waals surface area contributed by atoms with Gasteiger partial charge in [0.2, 0.25) is 5.91 Å². The van der Waals surface area contributed by atoms with Gasteiger partial charge in [-0.2, -0.15) is 5.26 Å². The number of amides is 1. The van der Waals surface area contributed by atoms with Gasteiger partial charge in [0.25, 0.3) is 0 Å². The summed E-state index contributed by atoms with van der Waals surface area (Å²) in [5, 5.41) is 12.8. The molecule has 0 aromatic heterocycles. The Labute approximate surface area is 235 Å². The molecule has 1 N–H and O–H groups in total. The molecule has 4 fully saturated rings. The SMILES string of the molecule is CNC(=O)CC[C@]12CC[C@@H](C)[C@H](C)[C@H]1[C@H]1C(=O)CC3[C@@]4(C)C=C(C#N)C(=O)C(C)(C)[C@@H]4CC[C@@]3(C)[C@]1(C)CC2. The summed E-state index contributed by atoms with van der Waals surface area (Å²) >= 11 is 0. The lowest BCUT2D eigenvalue weighted by Crippen LogP contribution is -2.69. The molecule has 4 saturated carbocycles. The van der Waals surface area contributed by atoms with E-state index in [-0.39, 0.29) is 56.7 Å². The minimum absolute atomic E-state index is 0.00716. The minimum atomic E-state index is -0.606. The second-order valence-corrected chi connectivity index (χ2v) is 15.6. The van der Waals surface area contributed by atoms with Crippen molar-refractivity contribution in [2.24, 2.45) is 62.6 Å². The molecule has 1 unspecified atom stereocenters. The molecule has 0 saturated heterocycles. The maximum atomic E-state index is 14.6. The predicted octanol–water partition coefficient (Wildman–Crippen LogP) is 6.67.